The molecule has 0 spiro atoms. The lowest BCUT2D eigenvalue weighted by molar-refractivity contribution is 0.0496. The molecule has 1 aromatic carbocycles. The number of aliphatic hydroxyl groups excluding tert-OH is 1. The fourth-order valence-electron chi connectivity index (χ4n) is 1.62. The lowest BCUT2D eigenvalue weighted by Crippen LogP contribution is -2.35. The minimum Gasteiger partial charge on any atom is -0.444 e. The molecule has 1 aromatic rings. The fraction of sp³-hybridized carbons (Fsp3) is 0.500. The van der Waals surface area contributed by atoms with Gasteiger partial charge in [0.15, 0.2) is 0 Å². The molecule has 0 bridgehead atoms. The Kier molecular flexibility index (Phi) is 5.82. The van der Waals surface area contributed by atoms with Crippen molar-refractivity contribution in [2.75, 3.05) is 6.61 Å². The van der Waals surface area contributed by atoms with Crippen molar-refractivity contribution < 1.29 is 14.6 Å². The highest BCUT2D eigenvalue weighted by molar-refractivity contribution is 9.10. The summed E-state index contributed by atoms with van der Waals surface area (Å²) in [4.78, 5) is 11.8. The van der Waals surface area contributed by atoms with Crippen LogP contribution in [0.5, 0.6) is 0 Å². The van der Waals surface area contributed by atoms with Gasteiger partial charge in [-0.05, 0) is 44.9 Å². The van der Waals surface area contributed by atoms with Gasteiger partial charge in [-0.1, -0.05) is 28.1 Å². The third-order valence-electron chi connectivity index (χ3n) is 2.36. The first kappa shape index (κ1) is 16.0. The van der Waals surface area contributed by atoms with Gasteiger partial charge in [-0.15, -0.1) is 0 Å². The fourth-order valence-corrected chi connectivity index (χ4v) is 2.04. The quantitative estimate of drug-likeness (QED) is 0.890. The van der Waals surface area contributed by atoms with E-state index in [1.54, 1.807) is 0 Å². The summed E-state index contributed by atoms with van der Waals surface area (Å²) in [7, 11) is 0. The Balaban J connectivity index is 2.76. The van der Waals surface area contributed by atoms with Crippen LogP contribution in [0.1, 0.15) is 38.8 Å². The second-order valence-corrected chi connectivity index (χ2v) is 6.18. The van der Waals surface area contributed by atoms with Crippen molar-refractivity contribution in [1.29, 1.82) is 0 Å². The number of ether oxygens (including phenoxy) is 1. The van der Waals surface area contributed by atoms with E-state index in [1.807, 2.05) is 45.0 Å². The highest BCUT2D eigenvalue weighted by Crippen LogP contribution is 2.21. The molecule has 2 N–H and O–H groups in total. The van der Waals surface area contributed by atoms with Crippen LogP contribution in [0.25, 0.3) is 0 Å². The highest BCUT2D eigenvalue weighted by Gasteiger charge is 2.20. The number of aliphatic hydroxyl groups is 1. The van der Waals surface area contributed by atoms with Crippen molar-refractivity contribution in [1.82, 2.24) is 5.32 Å². The van der Waals surface area contributed by atoms with E-state index in [1.165, 1.54) is 0 Å². The average molecular weight is 330 g/mol. The first-order valence-corrected chi connectivity index (χ1v) is 6.97. The largest absolute Gasteiger partial charge is 0.444 e. The highest BCUT2D eigenvalue weighted by atomic mass is 79.9. The molecule has 0 radical (unpaired) electrons. The van der Waals surface area contributed by atoms with Crippen molar-refractivity contribution in [3.8, 4) is 0 Å². The Hall–Kier alpha value is -1.07. The number of hydrogen-bond donors (Lipinski definition) is 2. The topological polar surface area (TPSA) is 58.6 Å². The number of carbonyl (C=O) groups is 1. The summed E-state index contributed by atoms with van der Waals surface area (Å²) in [6.07, 6.45) is -0.0404. The number of alkyl carbamates (subject to hydrolysis) is 1. The van der Waals surface area contributed by atoms with Crippen molar-refractivity contribution in [3.05, 3.63) is 34.3 Å². The van der Waals surface area contributed by atoms with Crippen molar-refractivity contribution in [2.45, 2.75) is 38.8 Å². The first-order valence-electron chi connectivity index (χ1n) is 6.17. The molecule has 0 aliphatic rings. The van der Waals surface area contributed by atoms with E-state index in [-0.39, 0.29) is 12.6 Å². The van der Waals surface area contributed by atoms with Gasteiger partial charge in [-0.25, -0.2) is 4.79 Å². The summed E-state index contributed by atoms with van der Waals surface area (Å²) < 4.78 is 6.15. The van der Waals surface area contributed by atoms with Gasteiger partial charge in [0.2, 0.25) is 0 Å². The van der Waals surface area contributed by atoms with Crippen molar-refractivity contribution in [3.63, 3.8) is 0 Å². The molecule has 106 valence electrons. The molecular weight excluding hydrogens is 310 g/mol. The van der Waals surface area contributed by atoms with Gasteiger partial charge in [0.05, 0.1) is 6.04 Å². The van der Waals surface area contributed by atoms with Crippen LogP contribution in [-0.4, -0.2) is 23.4 Å². The summed E-state index contributed by atoms with van der Waals surface area (Å²) in [5, 5.41) is 11.9. The molecule has 0 saturated carbocycles. The van der Waals surface area contributed by atoms with Crippen LogP contribution >= 0.6 is 15.9 Å². The zero-order chi connectivity index (χ0) is 14.5. The monoisotopic (exact) mass is 329 g/mol. The standard InChI is InChI=1S/C14H20BrNO3/c1-14(2,3)19-13(18)16-12(7-8-17)10-5-4-6-11(15)9-10/h4-6,9,12,17H,7-8H2,1-3H3,(H,16,18)/t12-/m0/s1. The first-order chi connectivity index (χ1) is 8.81. The second kappa shape index (κ2) is 6.91. The molecule has 1 rings (SSSR count). The molecule has 1 atom stereocenters. The lowest BCUT2D eigenvalue weighted by atomic mass is 10.0. The van der Waals surface area contributed by atoms with Gasteiger partial charge >= 0.3 is 6.09 Å². The molecule has 0 heterocycles. The van der Waals surface area contributed by atoms with Gasteiger partial charge in [0.25, 0.3) is 0 Å². The summed E-state index contributed by atoms with van der Waals surface area (Å²) in [6, 6.07) is 7.35. The van der Waals surface area contributed by atoms with E-state index in [0.29, 0.717) is 6.42 Å². The Morgan fingerprint density at radius 3 is 2.68 bits per heavy atom. The molecule has 0 aromatic heterocycles. The maximum Gasteiger partial charge on any atom is 0.408 e. The predicted molar refractivity (Wildman–Crippen MR) is 78.0 cm³/mol. The minimum absolute atomic E-state index is 0.00697. The van der Waals surface area contributed by atoms with Crippen LogP contribution in [0.2, 0.25) is 0 Å². The molecular formula is C14H20BrNO3. The third-order valence-corrected chi connectivity index (χ3v) is 2.85. The van der Waals surface area contributed by atoms with Gasteiger partial charge in [-0.2, -0.15) is 0 Å². The Labute approximate surface area is 122 Å². The number of carbonyl (C=O) groups excluding carboxylic acids is 1. The lowest BCUT2D eigenvalue weighted by Gasteiger charge is -2.23. The van der Waals surface area contributed by atoms with Crippen LogP contribution in [0.4, 0.5) is 4.79 Å². The molecule has 19 heavy (non-hydrogen) atoms. The van der Waals surface area contributed by atoms with Crippen molar-refractivity contribution >= 4 is 22.0 Å². The van der Waals surface area contributed by atoms with Crippen LogP contribution in [-0.2, 0) is 4.74 Å². The molecule has 0 aliphatic carbocycles. The maximum atomic E-state index is 11.8. The van der Waals surface area contributed by atoms with Crippen LogP contribution in [0, 0.1) is 0 Å². The third kappa shape index (κ3) is 6.07. The van der Waals surface area contributed by atoms with Crippen LogP contribution in [0.15, 0.2) is 28.7 Å². The number of hydrogen-bond acceptors (Lipinski definition) is 3. The van der Waals surface area contributed by atoms with E-state index in [4.69, 9.17) is 9.84 Å². The van der Waals surface area contributed by atoms with E-state index < -0.39 is 11.7 Å². The number of halogens is 1. The van der Waals surface area contributed by atoms with E-state index in [0.717, 1.165) is 10.0 Å². The molecule has 4 nitrogen and oxygen atoms in total. The number of benzene rings is 1. The average Bonchev–Trinajstić information content (AvgIpc) is 2.26. The summed E-state index contributed by atoms with van der Waals surface area (Å²) in [6.45, 7) is 5.43. The Morgan fingerprint density at radius 2 is 2.16 bits per heavy atom. The molecule has 0 aliphatic heterocycles. The Bertz CT molecular complexity index is 429. The van der Waals surface area contributed by atoms with E-state index in [2.05, 4.69) is 21.2 Å². The molecule has 1 amide bonds. The normalized spacial score (nSPS) is 12.9. The van der Waals surface area contributed by atoms with Gasteiger partial charge < -0.3 is 15.2 Å². The predicted octanol–water partition coefficient (Wildman–Crippen LogP) is 3.40. The zero-order valence-electron chi connectivity index (χ0n) is 11.4. The zero-order valence-corrected chi connectivity index (χ0v) is 13.0. The van der Waals surface area contributed by atoms with E-state index >= 15 is 0 Å². The number of rotatable bonds is 4. The van der Waals surface area contributed by atoms with Crippen molar-refractivity contribution in [2.24, 2.45) is 0 Å². The summed E-state index contributed by atoms with van der Waals surface area (Å²) >= 11 is 3.39. The second-order valence-electron chi connectivity index (χ2n) is 5.27. The summed E-state index contributed by atoms with van der Waals surface area (Å²) in [5.41, 5.74) is 0.389. The molecule has 0 fully saturated rings. The molecule has 5 heteroatoms. The molecule has 0 unspecified atom stereocenters. The van der Waals surface area contributed by atoms with Gasteiger partial charge in [-0.3, -0.25) is 0 Å². The number of nitrogens with one attached hydrogen (secondary N) is 1. The minimum atomic E-state index is -0.537. The van der Waals surface area contributed by atoms with Crippen LogP contribution < -0.4 is 5.32 Å². The molecule has 0 saturated heterocycles. The summed E-state index contributed by atoms with van der Waals surface area (Å²) in [5.74, 6) is 0. The Morgan fingerprint density at radius 1 is 1.47 bits per heavy atom. The van der Waals surface area contributed by atoms with E-state index in [9.17, 15) is 4.79 Å². The van der Waals surface area contributed by atoms with Crippen LogP contribution in [0.3, 0.4) is 0 Å². The SMILES string of the molecule is CC(C)(C)OC(=O)N[C@@H](CCO)c1cccc(Br)c1. The number of amides is 1. The van der Waals surface area contributed by atoms with Gasteiger partial charge in [0.1, 0.15) is 5.60 Å². The van der Waals surface area contributed by atoms with Gasteiger partial charge in [0, 0.05) is 11.1 Å². The smallest absolute Gasteiger partial charge is 0.408 e. The maximum absolute atomic E-state index is 11.8.